The van der Waals surface area contributed by atoms with Crippen LogP contribution in [0, 0.1) is 17.4 Å². The minimum absolute atomic E-state index is 0.381. The molecule has 0 atom stereocenters. The highest BCUT2D eigenvalue weighted by Crippen LogP contribution is 2.41. The summed E-state index contributed by atoms with van der Waals surface area (Å²) < 4.78 is 18.5. The van der Waals surface area contributed by atoms with E-state index in [9.17, 15) is 9.65 Å². The molecule has 0 N–H and O–H groups in total. The number of halogens is 2. The van der Waals surface area contributed by atoms with Gasteiger partial charge in [-0.25, -0.2) is 9.97 Å². The van der Waals surface area contributed by atoms with Crippen LogP contribution in [0.5, 0.6) is 5.75 Å². The van der Waals surface area contributed by atoms with E-state index in [2.05, 4.69) is 16.0 Å². The van der Waals surface area contributed by atoms with Crippen LogP contribution in [0.25, 0.3) is 5.57 Å². The Hall–Kier alpha value is -2.45. The van der Waals surface area contributed by atoms with Gasteiger partial charge in [0.1, 0.15) is 6.07 Å². The fraction of sp³-hybridized carbons (Fsp3) is 0.235. The van der Waals surface area contributed by atoms with Gasteiger partial charge in [0, 0.05) is 18.0 Å². The summed E-state index contributed by atoms with van der Waals surface area (Å²) >= 11 is 6.47. The van der Waals surface area contributed by atoms with Crippen LogP contribution in [0.15, 0.2) is 24.5 Å². The van der Waals surface area contributed by atoms with Gasteiger partial charge in [-0.3, -0.25) is 0 Å². The number of hydrogen-bond acceptors (Lipinski definition) is 4. The van der Waals surface area contributed by atoms with E-state index in [4.69, 9.17) is 16.3 Å². The van der Waals surface area contributed by atoms with E-state index in [0.29, 0.717) is 28.5 Å². The quantitative estimate of drug-likeness (QED) is 0.801. The highest BCUT2D eigenvalue weighted by atomic mass is 35.5. The Kier molecular flexibility index (Phi) is 4.26. The largest absolute Gasteiger partial charge is 0.491 e. The molecule has 1 aliphatic rings. The first-order valence-corrected chi connectivity index (χ1v) is 7.60. The molecular formula is C17H13ClFN3O. The van der Waals surface area contributed by atoms with Gasteiger partial charge in [0.2, 0.25) is 0 Å². The van der Waals surface area contributed by atoms with Gasteiger partial charge in [-0.1, -0.05) is 17.7 Å². The molecule has 0 saturated heterocycles. The topological polar surface area (TPSA) is 58.8 Å². The lowest BCUT2D eigenvalue weighted by atomic mass is 9.86. The molecule has 1 aromatic carbocycles. The lowest BCUT2D eigenvalue weighted by Crippen LogP contribution is -2.06. The molecule has 6 heteroatoms. The maximum absolute atomic E-state index is 12.9. The van der Waals surface area contributed by atoms with Gasteiger partial charge in [0.05, 0.1) is 17.2 Å². The van der Waals surface area contributed by atoms with Crippen LogP contribution in [-0.4, -0.2) is 16.6 Å². The fourth-order valence-electron chi connectivity index (χ4n) is 2.72. The zero-order chi connectivity index (χ0) is 16.4. The molecule has 4 nitrogen and oxygen atoms in total. The molecule has 116 valence electrons. The minimum Gasteiger partial charge on any atom is -0.491 e. The first-order valence-electron chi connectivity index (χ1n) is 7.22. The lowest BCUT2D eigenvalue weighted by molar-refractivity contribution is 0.339. The zero-order valence-electron chi connectivity index (χ0n) is 12.4. The molecule has 0 aliphatic heterocycles. The number of benzene rings is 1. The van der Waals surface area contributed by atoms with Crippen LogP contribution in [-0.2, 0) is 6.42 Å². The number of fused-ring (bicyclic) bond motifs is 1. The molecular weight excluding hydrogens is 317 g/mol. The molecule has 23 heavy (non-hydrogen) atoms. The Bertz CT molecular complexity index is 825. The van der Waals surface area contributed by atoms with Gasteiger partial charge in [-0.2, -0.15) is 9.65 Å². The molecule has 0 fully saturated rings. The predicted molar refractivity (Wildman–Crippen MR) is 84.7 cm³/mol. The van der Waals surface area contributed by atoms with Crippen molar-refractivity contribution in [3.63, 3.8) is 0 Å². The fourth-order valence-corrected chi connectivity index (χ4v) is 3.07. The molecule has 0 radical (unpaired) electrons. The second-order valence-corrected chi connectivity index (χ2v) is 5.41. The van der Waals surface area contributed by atoms with E-state index >= 15 is 0 Å². The lowest BCUT2D eigenvalue weighted by Gasteiger charge is -2.21. The molecule has 1 aliphatic carbocycles. The Morgan fingerprint density at radius 1 is 1.39 bits per heavy atom. The standard InChI is InChI=1S/C17H13ClFN3O/c1-2-23-16-10(7-20)6-14-12(4-3-5-13(14)15(16)18)11-8-21-17(19)22-9-11/h4,6,8-9H,2-3,5H2,1H3. The summed E-state index contributed by atoms with van der Waals surface area (Å²) in [4.78, 5) is 7.20. The van der Waals surface area contributed by atoms with Crippen molar-refractivity contribution >= 4 is 17.2 Å². The third-order valence-electron chi connectivity index (χ3n) is 3.70. The van der Waals surface area contributed by atoms with Crippen LogP contribution < -0.4 is 4.74 Å². The van der Waals surface area contributed by atoms with Gasteiger partial charge in [-0.05, 0) is 42.5 Å². The molecule has 0 unspecified atom stereocenters. The third kappa shape index (κ3) is 2.78. The van der Waals surface area contributed by atoms with Crippen molar-refractivity contribution in [1.82, 2.24) is 9.97 Å². The van der Waals surface area contributed by atoms with Crippen LogP contribution >= 0.6 is 11.6 Å². The van der Waals surface area contributed by atoms with Crippen molar-refractivity contribution in [3.05, 3.63) is 57.9 Å². The maximum Gasteiger partial charge on any atom is 0.308 e. The van der Waals surface area contributed by atoms with Gasteiger partial charge in [-0.15, -0.1) is 0 Å². The summed E-state index contributed by atoms with van der Waals surface area (Å²) in [5.74, 6) is 0.423. The first kappa shape index (κ1) is 15.4. The van der Waals surface area contributed by atoms with E-state index in [-0.39, 0.29) is 0 Å². The second-order valence-electron chi connectivity index (χ2n) is 5.04. The summed E-state index contributed by atoms with van der Waals surface area (Å²) in [5.41, 5.74) is 3.70. The van der Waals surface area contributed by atoms with Gasteiger partial charge in [0.15, 0.2) is 5.75 Å². The van der Waals surface area contributed by atoms with Gasteiger partial charge < -0.3 is 4.74 Å². The summed E-state index contributed by atoms with van der Waals surface area (Å²) in [6.45, 7) is 2.28. The molecule has 0 amide bonds. The van der Waals surface area contributed by atoms with Crippen molar-refractivity contribution in [2.45, 2.75) is 19.8 Å². The van der Waals surface area contributed by atoms with Crippen LogP contribution in [0.2, 0.25) is 5.02 Å². The number of allylic oxidation sites excluding steroid dienone is 1. The Labute approximate surface area is 138 Å². The molecule has 1 aromatic heterocycles. The van der Waals surface area contributed by atoms with E-state index in [1.165, 1.54) is 12.4 Å². The second kappa shape index (κ2) is 6.35. The Morgan fingerprint density at radius 2 is 2.13 bits per heavy atom. The number of rotatable bonds is 3. The highest BCUT2D eigenvalue weighted by Gasteiger charge is 2.23. The van der Waals surface area contributed by atoms with E-state index < -0.39 is 6.08 Å². The molecule has 1 heterocycles. The van der Waals surface area contributed by atoms with Gasteiger partial charge >= 0.3 is 6.08 Å². The highest BCUT2D eigenvalue weighted by molar-refractivity contribution is 6.33. The van der Waals surface area contributed by atoms with Crippen molar-refractivity contribution in [3.8, 4) is 11.8 Å². The number of nitriles is 1. The predicted octanol–water partition coefficient (Wildman–Crippen LogP) is 3.92. The monoisotopic (exact) mass is 329 g/mol. The summed E-state index contributed by atoms with van der Waals surface area (Å²) in [7, 11) is 0. The van der Waals surface area contributed by atoms with Gasteiger partial charge in [0.25, 0.3) is 0 Å². The summed E-state index contributed by atoms with van der Waals surface area (Å²) in [6, 6.07) is 3.89. The molecule has 0 saturated carbocycles. The molecule has 0 spiro atoms. The first-order chi connectivity index (χ1) is 11.2. The van der Waals surface area contributed by atoms with Crippen LogP contribution in [0.1, 0.15) is 35.6 Å². The summed E-state index contributed by atoms with van der Waals surface area (Å²) in [5, 5.41) is 9.85. The average Bonchev–Trinajstić information content (AvgIpc) is 2.57. The average molecular weight is 330 g/mol. The van der Waals surface area contributed by atoms with E-state index in [0.717, 1.165) is 29.5 Å². The normalized spacial score (nSPS) is 13.0. The smallest absolute Gasteiger partial charge is 0.308 e. The van der Waals surface area contributed by atoms with Crippen LogP contribution in [0.3, 0.4) is 0 Å². The maximum atomic E-state index is 12.9. The number of hydrogen-bond donors (Lipinski definition) is 0. The molecule has 0 bridgehead atoms. The summed E-state index contributed by atoms with van der Waals surface area (Å²) in [6.07, 6.45) is 5.66. The minimum atomic E-state index is -0.771. The van der Waals surface area contributed by atoms with E-state index in [1.807, 2.05) is 13.0 Å². The van der Waals surface area contributed by atoms with Crippen LogP contribution in [0.4, 0.5) is 4.39 Å². The number of aromatic nitrogens is 2. The van der Waals surface area contributed by atoms with Crippen molar-refractivity contribution in [2.24, 2.45) is 0 Å². The zero-order valence-corrected chi connectivity index (χ0v) is 13.2. The number of nitrogens with zero attached hydrogens (tertiary/aromatic N) is 3. The Balaban J connectivity index is 2.17. The van der Waals surface area contributed by atoms with E-state index in [1.54, 1.807) is 6.07 Å². The molecule has 3 rings (SSSR count). The van der Waals surface area contributed by atoms with Crippen molar-refractivity contribution < 1.29 is 9.13 Å². The SMILES string of the molecule is CCOc1c(C#N)cc2c(c1Cl)CCC=C2c1cnc(F)nc1. The third-order valence-corrected chi connectivity index (χ3v) is 4.10. The van der Waals surface area contributed by atoms with Crippen molar-refractivity contribution in [2.75, 3.05) is 6.61 Å². The Morgan fingerprint density at radius 3 is 2.78 bits per heavy atom. The number of ether oxygens (including phenoxy) is 1. The molecule has 2 aromatic rings. The van der Waals surface area contributed by atoms with Crippen molar-refractivity contribution in [1.29, 1.82) is 5.26 Å².